The minimum absolute atomic E-state index is 0.114. The van der Waals surface area contributed by atoms with Crippen molar-refractivity contribution in [2.75, 3.05) is 43.8 Å². The van der Waals surface area contributed by atoms with E-state index in [1.807, 2.05) is 50.5 Å². The van der Waals surface area contributed by atoms with Crippen LogP contribution in [0.25, 0.3) is 0 Å². The number of nitrogens with one attached hydrogen (secondary N) is 2. The summed E-state index contributed by atoms with van der Waals surface area (Å²) in [6.07, 6.45) is 1.22. The summed E-state index contributed by atoms with van der Waals surface area (Å²) in [6, 6.07) is 20.2. The standard InChI is InChI=1S/C29H30BrN3O3/c1-33(2)20-11-9-17(10-12-20)18-14-24-27(25(34)15-18)28(32-23-8-6-5-7-22(23)31-24)19-13-21(30)29(36-4)26(16-19)35-3/h5-13,16,18,28,31-32H,14-15H2,1-4H3. The summed E-state index contributed by atoms with van der Waals surface area (Å²) in [5, 5.41) is 7.24. The number of nitrogens with zero attached hydrogens (tertiary/aromatic N) is 1. The van der Waals surface area contributed by atoms with Crippen LogP contribution in [0.3, 0.4) is 0 Å². The molecule has 186 valence electrons. The van der Waals surface area contributed by atoms with Crippen molar-refractivity contribution in [3.63, 3.8) is 0 Å². The SMILES string of the molecule is COc1cc(C2Nc3ccccc3NC3=C2C(=O)CC(c2ccc(N(C)C)cc2)C3)cc(Br)c1OC. The second-order valence-electron chi connectivity index (χ2n) is 9.39. The Morgan fingerprint density at radius 3 is 2.31 bits per heavy atom. The minimum atomic E-state index is -0.336. The monoisotopic (exact) mass is 547 g/mol. The molecule has 2 aliphatic rings. The summed E-state index contributed by atoms with van der Waals surface area (Å²) in [6.45, 7) is 0. The van der Waals surface area contributed by atoms with E-state index in [2.05, 4.69) is 55.7 Å². The third-order valence-corrected chi connectivity index (χ3v) is 7.57. The van der Waals surface area contributed by atoms with Gasteiger partial charge in [0.15, 0.2) is 17.3 Å². The molecule has 2 atom stereocenters. The summed E-state index contributed by atoms with van der Waals surface area (Å²) in [5.41, 5.74) is 6.88. The lowest BCUT2D eigenvalue weighted by molar-refractivity contribution is -0.116. The van der Waals surface area contributed by atoms with Crippen LogP contribution in [0.15, 0.2) is 76.4 Å². The van der Waals surface area contributed by atoms with Gasteiger partial charge in [-0.15, -0.1) is 0 Å². The van der Waals surface area contributed by atoms with Gasteiger partial charge in [-0.25, -0.2) is 0 Å². The Morgan fingerprint density at radius 1 is 0.917 bits per heavy atom. The Labute approximate surface area is 220 Å². The zero-order valence-electron chi connectivity index (χ0n) is 20.9. The van der Waals surface area contributed by atoms with Gasteiger partial charge >= 0.3 is 0 Å². The van der Waals surface area contributed by atoms with Gasteiger partial charge < -0.3 is 25.0 Å². The molecule has 1 aliphatic carbocycles. The molecule has 0 fully saturated rings. The van der Waals surface area contributed by atoms with E-state index in [4.69, 9.17) is 9.47 Å². The third kappa shape index (κ3) is 4.44. The van der Waals surface area contributed by atoms with Gasteiger partial charge in [0.1, 0.15) is 0 Å². The van der Waals surface area contributed by atoms with E-state index in [1.165, 1.54) is 5.56 Å². The lowest BCUT2D eigenvalue weighted by Gasteiger charge is -2.30. The molecule has 3 aromatic rings. The lowest BCUT2D eigenvalue weighted by atomic mass is 9.78. The second kappa shape index (κ2) is 9.90. The summed E-state index contributed by atoms with van der Waals surface area (Å²) in [5.74, 6) is 1.49. The highest BCUT2D eigenvalue weighted by molar-refractivity contribution is 9.10. The maximum Gasteiger partial charge on any atom is 0.174 e. The first-order valence-corrected chi connectivity index (χ1v) is 12.8. The number of rotatable bonds is 5. The molecule has 36 heavy (non-hydrogen) atoms. The fourth-order valence-corrected chi connectivity index (χ4v) is 5.75. The highest BCUT2D eigenvalue weighted by Gasteiger charge is 2.36. The molecule has 0 saturated heterocycles. The normalized spacial score (nSPS) is 18.9. The van der Waals surface area contributed by atoms with E-state index >= 15 is 0 Å². The number of methoxy groups -OCH3 is 2. The number of carbonyl (C=O) groups excluding carboxylic acids is 1. The van der Waals surface area contributed by atoms with Crippen molar-refractivity contribution < 1.29 is 14.3 Å². The highest BCUT2D eigenvalue weighted by Crippen LogP contribution is 2.46. The van der Waals surface area contributed by atoms with E-state index < -0.39 is 0 Å². The Bertz CT molecular complexity index is 1330. The van der Waals surface area contributed by atoms with E-state index in [1.54, 1.807) is 14.2 Å². The Hall–Kier alpha value is -3.45. The highest BCUT2D eigenvalue weighted by atomic mass is 79.9. The topological polar surface area (TPSA) is 62.8 Å². The summed E-state index contributed by atoms with van der Waals surface area (Å²) >= 11 is 3.62. The number of anilines is 3. The van der Waals surface area contributed by atoms with Crippen LogP contribution in [0.5, 0.6) is 11.5 Å². The molecule has 0 saturated carbocycles. The number of ketones is 1. The first-order chi connectivity index (χ1) is 17.4. The molecule has 0 bridgehead atoms. The Kier molecular flexibility index (Phi) is 6.67. The van der Waals surface area contributed by atoms with Crippen LogP contribution in [-0.2, 0) is 4.79 Å². The van der Waals surface area contributed by atoms with Gasteiger partial charge in [0.05, 0.1) is 36.1 Å². The average molecular weight is 548 g/mol. The van der Waals surface area contributed by atoms with Gasteiger partial charge in [0.2, 0.25) is 0 Å². The van der Waals surface area contributed by atoms with Crippen LogP contribution >= 0.6 is 15.9 Å². The summed E-state index contributed by atoms with van der Waals surface area (Å²) < 4.78 is 11.9. The van der Waals surface area contributed by atoms with Gasteiger partial charge in [0, 0.05) is 37.5 Å². The Morgan fingerprint density at radius 2 is 1.64 bits per heavy atom. The molecule has 6 nitrogen and oxygen atoms in total. The van der Waals surface area contributed by atoms with Gasteiger partial charge in [-0.2, -0.15) is 0 Å². The van der Waals surface area contributed by atoms with Crippen molar-refractivity contribution in [3.8, 4) is 11.5 Å². The Balaban J connectivity index is 1.59. The average Bonchev–Trinajstić information content (AvgIpc) is 3.05. The van der Waals surface area contributed by atoms with Crippen molar-refractivity contribution in [3.05, 3.63) is 87.5 Å². The van der Waals surface area contributed by atoms with Crippen LogP contribution < -0.4 is 25.0 Å². The zero-order chi connectivity index (χ0) is 25.4. The van der Waals surface area contributed by atoms with E-state index in [9.17, 15) is 4.79 Å². The van der Waals surface area contributed by atoms with Crippen LogP contribution in [0.4, 0.5) is 17.1 Å². The number of ether oxygens (including phenoxy) is 2. The second-order valence-corrected chi connectivity index (χ2v) is 10.2. The van der Waals surface area contributed by atoms with Crippen LogP contribution in [-0.4, -0.2) is 34.1 Å². The fraction of sp³-hybridized carbons (Fsp3) is 0.276. The first-order valence-electron chi connectivity index (χ1n) is 12.0. The van der Waals surface area contributed by atoms with Crippen LogP contribution in [0.1, 0.15) is 35.9 Å². The number of para-hydroxylation sites is 2. The quantitative estimate of drug-likeness (QED) is 0.379. The fourth-order valence-electron chi connectivity index (χ4n) is 5.13. The maximum absolute atomic E-state index is 13.8. The molecule has 2 unspecified atom stereocenters. The molecule has 7 heteroatoms. The van der Waals surface area contributed by atoms with E-state index in [0.29, 0.717) is 17.9 Å². The molecule has 0 spiro atoms. The van der Waals surface area contributed by atoms with E-state index in [0.717, 1.165) is 44.8 Å². The predicted molar refractivity (Wildman–Crippen MR) is 148 cm³/mol. The minimum Gasteiger partial charge on any atom is -0.493 e. The number of hydrogen-bond donors (Lipinski definition) is 2. The molecule has 1 aliphatic heterocycles. The molecular formula is C29H30BrN3O3. The number of benzene rings is 3. The largest absolute Gasteiger partial charge is 0.493 e. The first kappa shape index (κ1) is 24.3. The molecule has 0 aromatic heterocycles. The molecule has 1 heterocycles. The number of fused-ring (bicyclic) bond motifs is 1. The molecule has 5 rings (SSSR count). The van der Waals surface area contributed by atoms with Crippen LogP contribution in [0, 0.1) is 0 Å². The number of hydrogen-bond acceptors (Lipinski definition) is 6. The van der Waals surface area contributed by atoms with Crippen LogP contribution in [0.2, 0.25) is 0 Å². The van der Waals surface area contributed by atoms with Crippen molar-refractivity contribution in [1.82, 2.24) is 0 Å². The zero-order valence-corrected chi connectivity index (χ0v) is 22.5. The number of halogens is 1. The summed E-state index contributed by atoms with van der Waals surface area (Å²) in [4.78, 5) is 15.9. The van der Waals surface area contributed by atoms with Crippen molar-refractivity contribution in [2.24, 2.45) is 0 Å². The van der Waals surface area contributed by atoms with E-state index in [-0.39, 0.29) is 17.7 Å². The molecule has 0 amide bonds. The molecular weight excluding hydrogens is 518 g/mol. The number of carbonyl (C=O) groups is 1. The van der Waals surface area contributed by atoms with Crippen molar-refractivity contribution in [2.45, 2.75) is 24.8 Å². The van der Waals surface area contributed by atoms with Gasteiger partial charge in [0.25, 0.3) is 0 Å². The molecule has 0 radical (unpaired) electrons. The third-order valence-electron chi connectivity index (χ3n) is 6.98. The maximum atomic E-state index is 13.8. The van der Waals surface area contributed by atoms with Crippen molar-refractivity contribution >= 4 is 38.8 Å². The van der Waals surface area contributed by atoms with Gasteiger partial charge in [-0.1, -0.05) is 24.3 Å². The molecule has 3 aromatic carbocycles. The van der Waals surface area contributed by atoms with Gasteiger partial charge in [-0.3, -0.25) is 4.79 Å². The van der Waals surface area contributed by atoms with Crippen molar-refractivity contribution in [1.29, 1.82) is 0 Å². The number of Topliss-reactive ketones (excluding diaryl/α,β-unsaturated/α-hetero) is 1. The number of allylic oxidation sites excluding steroid dienone is 1. The molecule has 2 N–H and O–H groups in total. The predicted octanol–water partition coefficient (Wildman–Crippen LogP) is 6.51. The van der Waals surface area contributed by atoms with Gasteiger partial charge in [-0.05, 0) is 75.8 Å². The smallest absolute Gasteiger partial charge is 0.174 e. The lowest BCUT2D eigenvalue weighted by Crippen LogP contribution is -2.27. The summed E-state index contributed by atoms with van der Waals surface area (Å²) in [7, 11) is 7.29.